The third kappa shape index (κ3) is 6.90. The van der Waals surface area contributed by atoms with E-state index in [0.717, 1.165) is 0 Å². The van der Waals surface area contributed by atoms with Crippen molar-refractivity contribution in [2.75, 3.05) is 0 Å². The molecule has 24 heavy (non-hydrogen) atoms. The molecule has 0 heterocycles. The van der Waals surface area contributed by atoms with E-state index in [-0.39, 0.29) is 12.4 Å². The predicted octanol–water partition coefficient (Wildman–Crippen LogP) is 5.20. The summed E-state index contributed by atoms with van der Waals surface area (Å²) in [6.45, 7) is 0. The van der Waals surface area contributed by atoms with Crippen molar-refractivity contribution in [1.29, 1.82) is 0 Å². The van der Waals surface area contributed by atoms with Crippen LogP contribution in [-0.2, 0) is 12.4 Å². The number of benzene rings is 1. The van der Waals surface area contributed by atoms with Gasteiger partial charge in [-0.05, 0) is 31.0 Å². The Balaban J connectivity index is 0.000000300. The smallest absolute Gasteiger partial charge is 0.328 e. The Labute approximate surface area is 136 Å². The second kappa shape index (κ2) is 8.50. The van der Waals surface area contributed by atoms with Crippen LogP contribution in [-0.4, -0.2) is 12.3 Å². The molecule has 1 aromatic carbocycles. The van der Waals surface area contributed by atoms with Gasteiger partial charge in [0.25, 0.3) is 0 Å². The molecule has 0 aliphatic heterocycles. The summed E-state index contributed by atoms with van der Waals surface area (Å²) in [5.74, 6) is 0. The molecule has 0 atom stereocenters. The van der Waals surface area contributed by atoms with Gasteiger partial charge in [0.2, 0.25) is 0 Å². The van der Waals surface area contributed by atoms with Gasteiger partial charge in [-0.1, -0.05) is 25.7 Å². The Hall–Kier alpha value is -1.57. The first-order valence-electron chi connectivity index (χ1n) is 7.54. The Morgan fingerprint density at radius 2 is 1.25 bits per heavy atom. The molecule has 1 fully saturated rings. The van der Waals surface area contributed by atoms with Crippen molar-refractivity contribution in [3.8, 4) is 0 Å². The summed E-state index contributed by atoms with van der Waals surface area (Å²) >= 11 is 0. The highest BCUT2D eigenvalue weighted by Crippen LogP contribution is 2.35. The van der Waals surface area contributed by atoms with Crippen LogP contribution in [0.5, 0.6) is 0 Å². The number of rotatable bonds is 1. The van der Waals surface area contributed by atoms with Gasteiger partial charge >= 0.3 is 12.4 Å². The molecule has 2 nitrogen and oxygen atoms in total. The van der Waals surface area contributed by atoms with Crippen LogP contribution in [0, 0.1) is 0 Å². The lowest BCUT2D eigenvalue weighted by atomic mass is 10.1. The molecule has 0 radical (unpaired) electrons. The van der Waals surface area contributed by atoms with E-state index in [1.165, 1.54) is 38.5 Å². The van der Waals surface area contributed by atoms with E-state index in [4.69, 9.17) is 5.73 Å². The topological polar surface area (TPSA) is 43.1 Å². The number of carbonyl (C=O) groups excluding carboxylic acids is 1. The minimum atomic E-state index is -4.92. The molecule has 1 aliphatic carbocycles. The lowest BCUT2D eigenvalue weighted by Gasteiger charge is -2.12. The first-order valence-corrected chi connectivity index (χ1v) is 7.54. The number of aldehydes is 1. The maximum atomic E-state index is 12.2. The van der Waals surface area contributed by atoms with E-state index in [1.807, 2.05) is 0 Å². The van der Waals surface area contributed by atoms with E-state index >= 15 is 0 Å². The van der Waals surface area contributed by atoms with Crippen LogP contribution in [0.2, 0.25) is 0 Å². The molecular formula is C16H19F6NO. The second-order valence-electron chi connectivity index (χ2n) is 5.71. The van der Waals surface area contributed by atoms with Crippen LogP contribution >= 0.6 is 0 Å². The molecular weight excluding hydrogens is 336 g/mol. The summed E-state index contributed by atoms with van der Waals surface area (Å²) in [5, 5.41) is 0. The lowest BCUT2D eigenvalue weighted by molar-refractivity contribution is -0.143. The molecule has 1 saturated carbocycles. The van der Waals surface area contributed by atoms with Crippen molar-refractivity contribution in [3.05, 3.63) is 34.9 Å². The molecule has 8 heteroatoms. The zero-order valence-electron chi connectivity index (χ0n) is 12.9. The maximum absolute atomic E-state index is 12.2. The highest BCUT2D eigenvalue weighted by Gasteiger charge is 2.36. The Morgan fingerprint density at radius 1 is 0.833 bits per heavy atom. The van der Waals surface area contributed by atoms with Crippen LogP contribution in [0.25, 0.3) is 0 Å². The largest absolute Gasteiger partial charge is 0.416 e. The summed E-state index contributed by atoms with van der Waals surface area (Å²) in [7, 11) is 0. The summed E-state index contributed by atoms with van der Waals surface area (Å²) in [6.07, 6.45) is -1.83. The molecule has 0 spiro atoms. The van der Waals surface area contributed by atoms with Crippen molar-refractivity contribution in [2.24, 2.45) is 5.73 Å². The molecule has 1 aromatic rings. The summed E-state index contributed by atoms with van der Waals surface area (Å²) in [6, 6.07) is 1.22. The van der Waals surface area contributed by atoms with Gasteiger partial charge in [-0.15, -0.1) is 0 Å². The van der Waals surface area contributed by atoms with E-state index in [0.29, 0.717) is 18.2 Å². The third-order valence-corrected chi connectivity index (χ3v) is 3.65. The molecule has 1 aliphatic rings. The Kier molecular flexibility index (Phi) is 7.26. The van der Waals surface area contributed by atoms with Crippen molar-refractivity contribution in [1.82, 2.24) is 0 Å². The summed E-state index contributed by atoms with van der Waals surface area (Å²) in [5.41, 5.74) is 2.08. The molecule has 0 saturated heterocycles. The van der Waals surface area contributed by atoms with Crippen molar-refractivity contribution in [3.63, 3.8) is 0 Å². The fourth-order valence-electron chi connectivity index (χ4n) is 2.36. The zero-order valence-corrected chi connectivity index (χ0v) is 12.9. The average Bonchev–Trinajstić information content (AvgIpc) is 2.73. The van der Waals surface area contributed by atoms with Gasteiger partial charge in [0.1, 0.15) is 6.29 Å². The highest BCUT2D eigenvalue weighted by atomic mass is 19.4. The van der Waals surface area contributed by atoms with Crippen LogP contribution in [0.4, 0.5) is 26.3 Å². The standard InChI is InChI=1S/C9H4F6O.C7H15N/c10-8(11,12)6-1-5(4-16)2-7(3-6)9(13,14)15;8-7-5-3-1-2-4-6-7/h1-4H;7H,1-6,8H2. The Bertz CT molecular complexity index is 498. The molecule has 2 N–H and O–H groups in total. The van der Waals surface area contributed by atoms with Gasteiger partial charge in [-0.25, -0.2) is 0 Å². The molecule has 0 unspecified atom stereocenters. The molecule has 0 amide bonds. The van der Waals surface area contributed by atoms with Crippen LogP contribution in [0.3, 0.4) is 0 Å². The van der Waals surface area contributed by atoms with Gasteiger partial charge in [-0.3, -0.25) is 4.79 Å². The van der Waals surface area contributed by atoms with Crippen LogP contribution < -0.4 is 5.73 Å². The van der Waals surface area contributed by atoms with E-state index in [1.54, 1.807) is 0 Å². The van der Waals surface area contributed by atoms with E-state index in [9.17, 15) is 31.1 Å². The van der Waals surface area contributed by atoms with Crippen molar-refractivity contribution >= 4 is 6.29 Å². The molecule has 2 rings (SSSR count). The fourth-order valence-corrected chi connectivity index (χ4v) is 2.36. The number of nitrogens with two attached hydrogens (primary N) is 1. The van der Waals surface area contributed by atoms with E-state index in [2.05, 4.69) is 0 Å². The van der Waals surface area contributed by atoms with Crippen molar-refractivity contribution in [2.45, 2.75) is 56.9 Å². The first kappa shape index (κ1) is 20.5. The fraction of sp³-hybridized carbons (Fsp3) is 0.562. The maximum Gasteiger partial charge on any atom is 0.416 e. The monoisotopic (exact) mass is 355 g/mol. The Morgan fingerprint density at radius 3 is 1.58 bits per heavy atom. The van der Waals surface area contributed by atoms with Crippen LogP contribution in [0.15, 0.2) is 18.2 Å². The minimum Gasteiger partial charge on any atom is -0.328 e. The van der Waals surface area contributed by atoms with Gasteiger partial charge in [0.05, 0.1) is 11.1 Å². The van der Waals surface area contributed by atoms with Gasteiger partial charge < -0.3 is 5.73 Å². The molecule has 136 valence electrons. The van der Waals surface area contributed by atoms with Gasteiger partial charge in [0.15, 0.2) is 0 Å². The van der Waals surface area contributed by atoms with E-state index < -0.39 is 29.0 Å². The van der Waals surface area contributed by atoms with Crippen LogP contribution in [0.1, 0.15) is 60.0 Å². The average molecular weight is 355 g/mol. The first-order chi connectivity index (χ1) is 11.0. The zero-order chi connectivity index (χ0) is 18.4. The number of hydrogen-bond acceptors (Lipinski definition) is 2. The number of hydrogen-bond donors (Lipinski definition) is 1. The SMILES string of the molecule is NC1CCCCCC1.O=Cc1cc(C(F)(F)F)cc(C(F)(F)F)c1. The second-order valence-corrected chi connectivity index (χ2v) is 5.71. The number of alkyl halides is 6. The number of carbonyl (C=O) groups is 1. The summed E-state index contributed by atoms with van der Waals surface area (Å²) in [4.78, 5) is 10.2. The molecule has 0 aromatic heterocycles. The summed E-state index contributed by atoms with van der Waals surface area (Å²) < 4.78 is 73.1. The molecule has 0 bridgehead atoms. The predicted molar refractivity (Wildman–Crippen MR) is 77.5 cm³/mol. The van der Waals surface area contributed by atoms with Crippen molar-refractivity contribution < 1.29 is 31.1 Å². The quantitative estimate of drug-likeness (QED) is 0.427. The third-order valence-electron chi connectivity index (χ3n) is 3.65. The minimum absolute atomic E-state index is 0.0347. The van der Waals surface area contributed by atoms with Gasteiger partial charge in [-0.2, -0.15) is 26.3 Å². The lowest BCUT2D eigenvalue weighted by Crippen LogP contribution is -2.17. The highest BCUT2D eigenvalue weighted by molar-refractivity contribution is 5.75. The van der Waals surface area contributed by atoms with Gasteiger partial charge in [0, 0.05) is 11.6 Å². The number of halogens is 6. The normalized spacial score (nSPS) is 16.8.